The molecule has 4 aromatic heterocycles. The zero-order chi connectivity index (χ0) is 34.0. The molecule has 0 amide bonds. The summed E-state index contributed by atoms with van der Waals surface area (Å²) in [5, 5.41) is 32.4. The third-order valence-electron chi connectivity index (χ3n) is 7.29. The van der Waals surface area contributed by atoms with Gasteiger partial charge in [-0.2, -0.15) is 0 Å². The summed E-state index contributed by atoms with van der Waals surface area (Å²) in [4.78, 5) is 52.7. The molecule has 0 saturated carbocycles. The topological polar surface area (TPSA) is 393 Å². The lowest BCUT2D eigenvalue weighted by Crippen LogP contribution is -2.36. The van der Waals surface area contributed by atoms with Crippen molar-refractivity contribution in [3.63, 3.8) is 0 Å². The van der Waals surface area contributed by atoms with Gasteiger partial charge < -0.3 is 62.4 Å². The molecule has 4 aromatic rings. The number of nitrogens with two attached hydrogens (primary N) is 4. The van der Waals surface area contributed by atoms with Gasteiger partial charge in [0.1, 0.15) is 49.3 Å². The lowest BCUT2D eigenvalue weighted by Gasteiger charge is -2.25. The Balaban J connectivity index is 1.22. The largest absolute Gasteiger partial charge is 0.472 e. The van der Waals surface area contributed by atoms with Gasteiger partial charge >= 0.3 is 15.6 Å². The fraction of sp³-hybridized carbons (Fsp3) is 0.500. The predicted octanol–water partition coefficient (Wildman–Crippen LogP) is -3.52. The second-order valence-electron chi connectivity index (χ2n) is 10.3. The van der Waals surface area contributed by atoms with Crippen LogP contribution in [-0.4, -0.2) is 119 Å². The van der Waals surface area contributed by atoms with Gasteiger partial charge in [-0.3, -0.25) is 22.7 Å². The lowest BCUT2D eigenvalue weighted by atomic mass is 10.1. The second kappa shape index (κ2) is 12.1. The van der Waals surface area contributed by atoms with Crippen molar-refractivity contribution >= 4 is 61.5 Å². The number of imidazole rings is 2. The van der Waals surface area contributed by atoms with Crippen molar-refractivity contribution < 1.29 is 62.2 Å². The van der Waals surface area contributed by atoms with Gasteiger partial charge in [0.15, 0.2) is 46.4 Å². The highest BCUT2D eigenvalue weighted by Crippen LogP contribution is 2.51. The highest BCUT2D eigenvalue weighted by Gasteiger charge is 2.52. The Bertz CT molecular complexity index is 1910. The molecule has 256 valence electrons. The Morgan fingerprint density at radius 1 is 0.723 bits per heavy atom. The Kier molecular flexibility index (Phi) is 8.54. The molecule has 47 heavy (non-hydrogen) atoms. The van der Waals surface area contributed by atoms with Crippen LogP contribution in [0, 0.1) is 0 Å². The third kappa shape index (κ3) is 6.20. The van der Waals surface area contributed by atoms with E-state index in [2.05, 4.69) is 34.4 Å². The van der Waals surface area contributed by atoms with Gasteiger partial charge in [0.2, 0.25) is 11.9 Å². The van der Waals surface area contributed by atoms with Crippen molar-refractivity contribution in [1.82, 2.24) is 39.0 Å². The minimum Gasteiger partial charge on any atom is -0.387 e. The number of ether oxygens (including phenoxy) is 2. The zero-order valence-electron chi connectivity index (χ0n) is 23.5. The standard InChI is InChI=1S/C20H28N12O13P2/c21-13-7-15(27-3-25-13)31(19(23)29-7)17-11(35)9(33)5(43-17)2-42-47(39,40)45-12-10(34)6(1-41-46(36,37)38)44-18(12)32-16-8(30-20(32)24)14(22)26-4-28-16/h3-6,9-12,17-18,33-35H,1-2H2,(H2,23,29)(H2,24,30)(H,39,40)(H2,21,25,27)(H2,22,26,28)(H2,36,37,38)/t5-,6-,9-,10-,11-,12-,17?,18?/m1/s1. The van der Waals surface area contributed by atoms with E-state index in [9.17, 15) is 29.3 Å². The van der Waals surface area contributed by atoms with Crippen molar-refractivity contribution in [3.8, 4) is 0 Å². The van der Waals surface area contributed by atoms with Crippen molar-refractivity contribution in [2.75, 3.05) is 36.1 Å². The van der Waals surface area contributed by atoms with Crippen LogP contribution in [0.4, 0.5) is 23.5 Å². The number of anilines is 4. The molecule has 14 N–H and O–H groups in total. The summed E-state index contributed by atoms with van der Waals surface area (Å²) in [6, 6.07) is 0. The Morgan fingerprint density at radius 3 is 1.77 bits per heavy atom. The average Bonchev–Trinajstić information content (AvgIpc) is 3.68. The van der Waals surface area contributed by atoms with Crippen LogP contribution < -0.4 is 22.9 Å². The van der Waals surface area contributed by atoms with E-state index >= 15 is 0 Å². The van der Waals surface area contributed by atoms with E-state index in [1.54, 1.807) is 0 Å². The van der Waals surface area contributed by atoms with Crippen LogP contribution in [0.15, 0.2) is 12.7 Å². The number of hydrogen-bond donors (Lipinski definition) is 10. The molecule has 0 bridgehead atoms. The van der Waals surface area contributed by atoms with Crippen LogP contribution >= 0.6 is 15.6 Å². The van der Waals surface area contributed by atoms with Crippen LogP contribution in [0.25, 0.3) is 22.3 Å². The first kappa shape index (κ1) is 33.2. The number of nitrogen functional groups attached to an aromatic ring is 4. The first-order valence-electron chi connectivity index (χ1n) is 13.2. The van der Waals surface area contributed by atoms with E-state index in [0.717, 1.165) is 21.8 Å². The van der Waals surface area contributed by atoms with Crippen molar-refractivity contribution in [2.45, 2.75) is 49.1 Å². The van der Waals surface area contributed by atoms with E-state index < -0.39 is 77.9 Å². The number of rotatable bonds is 10. The van der Waals surface area contributed by atoms with Gasteiger partial charge in [-0.05, 0) is 0 Å². The van der Waals surface area contributed by atoms with E-state index in [1.165, 1.54) is 0 Å². The Labute approximate surface area is 260 Å². The third-order valence-corrected chi connectivity index (χ3v) is 8.76. The van der Waals surface area contributed by atoms with Gasteiger partial charge in [-0.25, -0.2) is 39.0 Å². The monoisotopic (exact) mass is 706 g/mol. The number of fused-ring (bicyclic) bond motifs is 2. The molecule has 0 radical (unpaired) electrons. The molecule has 0 spiro atoms. The second-order valence-corrected chi connectivity index (χ2v) is 12.9. The summed E-state index contributed by atoms with van der Waals surface area (Å²) >= 11 is 0. The molecule has 6 heterocycles. The predicted molar refractivity (Wildman–Crippen MR) is 153 cm³/mol. The molecule has 2 aliphatic rings. The fourth-order valence-corrected chi connectivity index (χ4v) is 6.44. The van der Waals surface area contributed by atoms with E-state index in [1.807, 2.05) is 0 Å². The van der Waals surface area contributed by atoms with Crippen LogP contribution in [0.5, 0.6) is 0 Å². The summed E-state index contributed by atoms with van der Waals surface area (Å²) in [6.45, 7) is -1.75. The number of phosphoric acid groups is 2. The van der Waals surface area contributed by atoms with Crippen LogP contribution in [0.3, 0.4) is 0 Å². The maximum atomic E-state index is 13.2. The van der Waals surface area contributed by atoms with Gasteiger partial charge in [0.25, 0.3) is 0 Å². The molecule has 2 fully saturated rings. The highest BCUT2D eigenvalue weighted by atomic mass is 31.2. The summed E-state index contributed by atoms with van der Waals surface area (Å²) < 4.78 is 52.9. The number of nitrogens with zero attached hydrogens (tertiary/aromatic N) is 8. The molecular formula is C20H28N12O13P2. The maximum Gasteiger partial charge on any atom is 0.472 e. The Hall–Kier alpha value is -3.68. The molecule has 27 heteroatoms. The molecule has 2 saturated heterocycles. The van der Waals surface area contributed by atoms with Crippen molar-refractivity contribution in [1.29, 1.82) is 0 Å². The maximum absolute atomic E-state index is 13.2. The summed E-state index contributed by atoms with van der Waals surface area (Å²) in [6.07, 6.45) is -10.9. The average molecular weight is 706 g/mol. The number of aliphatic hydroxyl groups is 3. The molecule has 6 rings (SSSR count). The van der Waals surface area contributed by atoms with Crippen LogP contribution in [0.2, 0.25) is 0 Å². The van der Waals surface area contributed by atoms with Crippen LogP contribution in [-0.2, 0) is 32.2 Å². The highest BCUT2D eigenvalue weighted by molar-refractivity contribution is 7.47. The molecule has 25 nitrogen and oxygen atoms in total. The van der Waals surface area contributed by atoms with Gasteiger partial charge in [-0.1, -0.05) is 0 Å². The van der Waals surface area contributed by atoms with Crippen molar-refractivity contribution in [2.24, 2.45) is 0 Å². The first-order chi connectivity index (χ1) is 22.1. The van der Waals surface area contributed by atoms with E-state index in [4.69, 9.17) is 51.2 Å². The van der Waals surface area contributed by atoms with E-state index in [-0.39, 0.29) is 45.9 Å². The number of phosphoric ester groups is 2. The lowest BCUT2D eigenvalue weighted by molar-refractivity contribution is -0.0604. The molecule has 3 unspecified atom stereocenters. The van der Waals surface area contributed by atoms with Gasteiger partial charge in [0.05, 0.1) is 13.2 Å². The fourth-order valence-electron chi connectivity index (χ4n) is 5.17. The first-order valence-corrected chi connectivity index (χ1v) is 16.3. The molecule has 2 aliphatic heterocycles. The molecule has 9 atom stereocenters. The summed E-state index contributed by atoms with van der Waals surface area (Å²) in [5.41, 5.74) is 23.8. The number of aromatic nitrogens is 8. The summed E-state index contributed by atoms with van der Waals surface area (Å²) in [7, 11) is -10.3. The number of hydrogen-bond acceptors (Lipinski definition) is 20. The van der Waals surface area contributed by atoms with E-state index in [0.29, 0.717) is 0 Å². The normalized spacial score (nSPS) is 29.6. The van der Waals surface area contributed by atoms with Gasteiger partial charge in [0, 0.05) is 0 Å². The van der Waals surface area contributed by atoms with Crippen LogP contribution in [0.1, 0.15) is 12.5 Å². The molecule has 0 aromatic carbocycles. The zero-order valence-corrected chi connectivity index (χ0v) is 25.3. The minimum atomic E-state index is -5.24. The summed E-state index contributed by atoms with van der Waals surface area (Å²) in [5.74, 6) is -0.617. The van der Waals surface area contributed by atoms with Gasteiger partial charge in [-0.15, -0.1) is 0 Å². The molecular weight excluding hydrogens is 678 g/mol. The minimum absolute atomic E-state index is 0.00104. The molecule has 0 aliphatic carbocycles. The van der Waals surface area contributed by atoms with Crippen molar-refractivity contribution in [3.05, 3.63) is 12.7 Å². The smallest absolute Gasteiger partial charge is 0.387 e. The SMILES string of the molecule is Nc1ncnc2c1nc(N)n2C1O[C@H](COP(=O)(O)O[C@H]2C(n3c(N)nc4c(N)ncnc43)O[C@H](COP(=O)(O)O)[C@H]2O)[C@@H](O)[C@H]1O. The quantitative estimate of drug-likeness (QED) is 0.0714. The Morgan fingerprint density at radius 2 is 1.21 bits per heavy atom. The number of aliphatic hydroxyl groups excluding tert-OH is 3.